The van der Waals surface area contributed by atoms with Gasteiger partial charge in [0.1, 0.15) is 5.69 Å². The predicted molar refractivity (Wildman–Crippen MR) is 109 cm³/mol. The molecule has 1 heterocycles. The van der Waals surface area contributed by atoms with Gasteiger partial charge in [-0.15, -0.1) is 0 Å². The Balaban J connectivity index is 1.57. The fourth-order valence-electron chi connectivity index (χ4n) is 2.44. The number of aromatic nitrogens is 1. The largest absolute Gasteiger partial charge is 0.465 e. The lowest BCUT2D eigenvalue weighted by molar-refractivity contribution is 0.0600. The van der Waals surface area contributed by atoms with Crippen molar-refractivity contribution in [2.24, 2.45) is 0 Å². The second kappa shape index (κ2) is 9.01. The fourth-order valence-corrected chi connectivity index (χ4v) is 2.57. The summed E-state index contributed by atoms with van der Waals surface area (Å²) in [5, 5.41) is 6.67. The number of pyridine rings is 1. The Morgan fingerprint density at radius 2 is 1.64 bits per heavy atom. The maximum absolute atomic E-state index is 12.3. The first kappa shape index (κ1) is 19.4. The zero-order valence-electron chi connectivity index (χ0n) is 15.1. The monoisotopic (exact) mass is 395 g/mol. The van der Waals surface area contributed by atoms with E-state index < -0.39 is 5.97 Å². The number of halogens is 1. The van der Waals surface area contributed by atoms with E-state index in [2.05, 4.69) is 20.4 Å². The van der Waals surface area contributed by atoms with E-state index in [4.69, 9.17) is 11.6 Å². The summed E-state index contributed by atoms with van der Waals surface area (Å²) in [4.78, 5) is 27.9. The smallest absolute Gasteiger partial charge is 0.337 e. The summed E-state index contributed by atoms with van der Waals surface area (Å²) >= 11 is 5.87. The number of ether oxygens (including phenoxy) is 1. The third kappa shape index (κ3) is 5.08. The van der Waals surface area contributed by atoms with Gasteiger partial charge in [0.25, 0.3) is 5.91 Å². The number of hydrogen-bond donors (Lipinski definition) is 2. The van der Waals surface area contributed by atoms with E-state index in [0.29, 0.717) is 22.8 Å². The Hall–Kier alpha value is -3.38. The summed E-state index contributed by atoms with van der Waals surface area (Å²) in [7, 11) is 1.32. The number of rotatable bonds is 6. The number of nitrogens with one attached hydrogen (secondary N) is 2. The lowest BCUT2D eigenvalue weighted by atomic mass is 10.2. The van der Waals surface area contributed by atoms with E-state index in [0.717, 1.165) is 11.3 Å². The maximum atomic E-state index is 12.3. The summed E-state index contributed by atoms with van der Waals surface area (Å²) in [6, 6.07) is 17.4. The first-order valence-corrected chi connectivity index (χ1v) is 8.87. The van der Waals surface area contributed by atoms with Crippen LogP contribution in [0, 0.1) is 0 Å². The molecule has 28 heavy (non-hydrogen) atoms. The van der Waals surface area contributed by atoms with Crippen molar-refractivity contribution in [1.29, 1.82) is 0 Å². The van der Waals surface area contributed by atoms with E-state index in [1.807, 2.05) is 24.3 Å². The van der Waals surface area contributed by atoms with Gasteiger partial charge in [0, 0.05) is 17.3 Å². The van der Waals surface area contributed by atoms with Crippen molar-refractivity contribution >= 4 is 34.9 Å². The Bertz CT molecular complexity index is 956. The van der Waals surface area contributed by atoms with Gasteiger partial charge >= 0.3 is 5.97 Å². The Morgan fingerprint density at radius 3 is 2.25 bits per heavy atom. The molecule has 0 aliphatic rings. The first-order valence-electron chi connectivity index (χ1n) is 8.49. The molecular weight excluding hydrogens is 378 g/mol. The lowest BCUT2D eigenvalue weighted by Crippen LogP contribution is -2.14. The standard InChI is InChI=1S/C21H18ClN3O3/c1-28-21(27)15-4-8-17(9-5-15)25-20(26)19-11-10-18(13-24-19)23-12-14-2-6-16(22)7-3-14/h2-11,13,23H,12H2,1H3,(H,25,26). The third-order valence-corrected chi connectivity index (χ3v) is 4.22. The minimum absolute atomic E-state index is 0.286. The maximum Gasteiger partial charge on any atom is 0.337 e. The number of carbonyl (C=O) groups is 2. The lowest BCUT2D eigenvalue weighted by Gasteiger charge is -2.08. The molecule has 3 aromatic rings. The van der Waals surface area contributed by atoms with Crippen molar-refractivity contribution in [3.63, 3.8) is 0 Å². The molecule has 7 heteroatoms. The van der Waals surface area contributed by atoms with Crippen LogP contribution in [0.3, 0.4) is 0 Å². The first-order chi connectivity index (χ1) is 13.5. The average Bonchev–Trinajstić information content (AvgIpc) is 2.73. The quantitative estimate of drug-likeness (QED) is 0.605. The molecule has 0 saturated carbocycles. The number of esters is 1. The van der Waals surface area contributed by atoms with E-state index in [-0.39, 0.29) is 11.6 Å². The van der Waals surface area contributed by atoms with Crippen LogP contribution >= 0.6 is 11.6 Å². The molecule has 0 aliphatic heterocycles. The Labute approximate surface area is 167 Å². The molecule has 142 valence electrons. The zero-order valence-corrected chi connectivity index (χ0v) is 15.9. The van der Waals surface area contributed by atoms with Crippen LogP contribution in [-0.4, -0.2) is 24.0 Å². The molecule has 1 aromatic heterocycles. The second-order valence-corrected chi connectivity index (χ2v) is 6.37. The highest BCUT2D eigenvalue weighted by atomic mass is 35.5. The molecule has 2 N–H and O–H groups in total. The highest BCUT2D eigenvalue weighted by Crippen LogP contribution is 2.14. The van der Waals surface area contributed by atoms with Crippen molar-refractivity contribution in [1.82, 2.24) is 4.98 Å². The molecule has 1 amide bonds. The number of methoxy groups -OCH3 is 1. The molecule has 0 aliphatic carbocycles. The van der Waals surface area contributed by atoms with Crippen LogP contribution in [0.15, 0.2) is 66.9 Å². The van der Waals surface area contributed by atoms with E-state index in [1.165, 1.54) is 7.11 Å². The van der Waals surface area contributed by atoms with Crippen molar-refractivity contribution in [2.45, 2.75) is 6.54 Å². The van der Waals surface area contributed by atoms with Gasteiger partial charge in [0.05, 0.1) is 24.6 Å². The molecule has 3 rings (SSSR count). The number of benzene rings is 2. The molecule has 6 nitrogen and oxygen atoms in total. The number of carbonyl (C=O) groups excluding carboxylic acids is 2. The summed E-state index contributed by atoms with van der Waals surface area (Å²) < 4.78 is 4.64. The molecule has 2 aromatic carbocycles. The van der Waals surface area contributed by atoms with Gasteiger partial charge < -0.3 is 15.4 Å². The van der Waals surface area contributed by atoms with Crippen LogP contribution < -0.4 is 10.6 Å². The highest BCUT2D eigenvalue weighted by Gasteiger charge is 2.09. The van der Waals surface area contributed by atoms with E-state index >= 15 is 0 Å². The molecule has 0 atom stereocenters. The summed E-state index contributed by atoms with van der Waals surface area (Å²) in [5.74, 6) is -0.767. The van der Waals surface area contributed by atoms with Gasteiger partial charge in [-0.05, 0) is 54.1 Å². The number of nitrogens with zero attached hydrogens (tertiary/aromatic N) is 1. The third-order valence-electron chi connectivity index (χ3n) is 3.97. The number of hydrogen-bond acceptors (Lipinski definition) is 5. The van der Waals surface area contributed by atoms with Crippen LogP contribution in [-0.2, 0) is 11.3 Å². The summed E-state index contributed by atoms with van der Waals surface area (Å²) in [5.41, 5.74) is 3.14. The van der Waals surface area contributed by atoms with Crippen molar-refractivity contribution < 1.29 is 14.3 Å². The minimum Gasteiger partial charge on any atom is -0.465 e. The van der Waals surface area contributed by atoms with Crippen molar-refractivity contribution in [3.05, 3.63) is 88.7 Å². The normalized spacial score (nSPS) is 10.2. The van der Waals surface area contributed by atoms with Crippen molar-refractivity contribution in [3.8, 4) is 0 Å². The van der Waals surface area contributed by atoms with Gasteiger partial charge in [-0.2, -0.15) is 0 Å². The fraction of sp³-hybridized carbons (Fsp3) is 0.0952. The molecule has 0 bridgehead atoms. The number of anilines is 2. The predicted octanol–water partition coefficient (Wildman–Crippen LogP) is 4.39. The molecule has 0 fully saturated rings. The van der Waals surface area contributed by atoms with Crippen LogP contribution in [0.5, 0.6) is 0 Å². The zero-order chi connectivity index (χ0) is 19.9. The molecular formula is C21H18ClN3O3. The number of amides is 1. The van der Waals surface area contributed by atoms with Crippen molar-refractivity contribution in [2.75, 3.05) is 17.7 Å². The topological polar surface area (TPSA) is 80.3 Å². The van der Waals surface area contributed by atoms with Crippen LogP contribution in [0.25, 0.3) is 0 Å². The Kier molecular flexibility index (Phi) is 6.24. The molecule has 0 radical (unpaired) electrons. The van der Waals surface area contributed by atoms with Crippen LogP contribution in [0.4, 0.5) is 11.4 Å². The van der Waals surface area contributed by atoms with Crippen LogP contribution in [0.1, 0.15) is 26.4 Å². The van der Waals surface area contributed by atoms with Gasteiger partial charge in [0.15, 0.2) is 0 Å². The molecule has 0 unspecified atom stereocenters. The average molecular weight is 396 g/mol. The van der Waals surface area contributed by atoms with Gasteiger partial charge in [0.2, 0.25) is 0 Å². The summed E-state index contributed by atoms with van der Waals surface area (Å²) in [6.45, 7) is 0.622. The van der Waals surface area contributed by atoms with Gasteiger partial charge in [-0.1, -0.05) is 23.7 Å². The molecule has 0 saturated heterocycles. The summed E-state index contributed by atoms with van der Waals surface area (Å²) in [6.07, 6.45) is 1.60. The second-order valence-electron chi connectivity index (χ2n) is 5.94. The highest BCUT2D eigenvalue weighted by molar-refractivity contribution is 6.30. The molecule has 0 spiro atoms. The minimum atomic E-state index is -0.429. The SMILES string of the molecule is COC(=O)c1ccc(NC(=O)c2ccc(NCc3ccc(Cl)cc3)cn2)cc1. The van der Waals surface area contributed by atoms with Crippen LogP contribution in [0.2, 0.25) is 5.02 Å². The van der Waals surface area contributed by atoms with E-state index in [1.54, 1.807) is 42.6 Å². The van der Waals surface area contributed by atoms with Gasteiger partial charge in [-0.3, -0.25) is 4.79 Å². The van der Waals surface area contributed by atoms with E-state index in [9.17, 15) is 9.59 Å². The Morgan fingerprint density at radius 1 is 0.964 bits per heavy atom. The van der Waals surface area contributed by atoms with Gasteiger partial charge in [-0.25, -0.2) is 9.78 Å².